The molecule has 0 aliphatic heterocycles. The van der Waals surface area contributed by atoms with Crippen molar-refractivity contribution in [2.75, 3.05) is 0 Å². The maximum absolute atomic E-state index is 3.55. The van der Waals surface area contributed by atoms with Gasteiger partial charge in [-0.3, -0.25) is 0 Å². The molecule has 2 aromatic carbocycles. The SMILES string of the molecule is CCCC1CCC(c2ccc3cc(Br)ccc3c2)CC1. The molecule has 0 amide bonds. The van der Waals surface area contributed by atoms with E-state index in [1.54, 1.807) is 5.56 Å². The summed E-state index contributed by atoms with van der Waals surface area (Å²) in [6.07, 6.45) is 8.39. The monoisotopic (exact) mass is 330 g/mol. The molecule has 0 saturated heterocycles. The van der Waals surface area contributed by atoms with Gasteiger partial charge in [-0.15, -0.1) is 0 Å². The number of rotatable bonds is 3. The molecule has 20 heavy (non-hydrogen) atoms. The summed E-state index contributed by atoms with van der Waals surface area (Å²) in [6, 6.07) is 13.6. The van der Waals surface area contributed by atoms with Crippen LogP contribution >= 0.6 is 15.9 Å². The van der Waals surface area contributed by atoms with E-state index in [0.717, 1.165) is 16.3 Å². The van der Waals surface area contributed by atoms with Crippen LogP contribution in [0.1, 0.15) is 56.9 Å². The first-order valence-corrected chi connectivity index (χ1v) is 8.75. The Bertz CT molecular complexity index is 579. The summed E-state index contributed by atoms with van der Waals surface area (Å²) < 4.78 is 1.16. The van der Waals surface area contributed by atoms with Gasteiger partial charge in [0.2, 0.25) is 0 Å². The van der Waals surface area contributed by atoms with Gasteiger partial charge in [-0.1, -0.05) is 60.0 Å². The van der Waals surface area contributed by atoms with Crippen molar-refractivity contribution in [1.82, 2.24) is 0 Å². The lowest BCUT2D eigenvalue weighted by atomic mass is 9.77. The van der Waals surface area contributed by atoms with Crippen molar-refractivity contribution >= 4 is 26.7 Å². The minimum absolute atomic E-state index is 0.788. The van der Waals surface area contributed by atoms with Crippen LogP contribution in [0.25, 0.3) is 10.8 Å². The van der Waals surface area contributed by atoms with Crippen LogP contribution in [0, 0.1) is 5.92 Å². The Kier molecular flexibility index (Phi) is 4.45. The smallest absolute Gasteiger partial charge is 0.0181 e. The quantitative estimate of drug-likeness (QED) is 0.589. The molecule has 106 valence electrons. The summed E-state index contributed by atoms with van der Waals surface area (Å²) in [5.74, 6) is 1.78. The van der Waals surface area contributed by atoms with Crippen molar-refractivity contribution < 1.29 is 0 Å². The summed E-state index contributed by atoms with van der Waals surface area (Å²) in [5.41, 5.74) is 1.55. The van der Waals surface area contributed by atoms with Gasteiger partial charge in [-0.25, -0.2) is 0 Å². The maximum Gasteiger partial charge on any atom is 0.0181 e. The van der Waals surface area contributed by atoms with E-state index in [1.165, 1.54) is 49.3 Å². The molecule has 0 nitrogen and oxygen atoms in total. The molecule has 0 unspecified atom stereocenters. The van der Waals surface area contributed by atoms with E-state index < -0.39 is 0 Å². The number of hydrogen-bond donors (Lipinski definition) is 0. The third-order valence-corrected chi connectivity index (χ3v) is 5.33. The van der Waals surface area contributed by atoms with Crippen molar-refractivity contribution in [3.63, 3.8) is 0 Å². The number of fused-ring (bicyclic) bond motifs is 1. The highest BCUT2D eigenvalue weighted by Gasteiger charge is 2.21. The highest BCUT2D eigenvalue weighted by atomic mass is 79.9. The van der Waals surface area contributed by atoms with Crippen LogP contribution in [0.4, 0.5) is 0 Å². The largest absolute Gasteiger partial charge is 0.0654 e. The summed E-state index contributed by atoms with van der Waals surface area (Å²) in [5, 5.41) is 2.71. The van der Waals surface area contributed by atoms with Crippen LogP contribution in [-0.4, -0.2) is 0 Å². The van der Waals surface area contributed by atoms with Crippen LogP contribution in [0.3, 0.4) is 0 Å². The first kappa shape index (κ1) is 14.1. The lowest BCUT2D eigenvalue weighted by molar-refractivity contribution is 0.308. The van der Waals surface area contributed by atoms with E-state index in [1.807, 2.05) is 0 Å². The van der Waals surface area contributed by atoms with Crippen molar-refractivity contribution in [3.8, 4) is 0 Å². The first-order valence-electron chi connectivity index (χ1n) is 7.95. The molecule has 0 N–H and O–H groups in total. The molecule has 1 fully saturated rings. The zero-order chi connectivity index (χ0) is 13.9. The number of hydrogen-bond acceptors (Lipinski definition) is 0. The molecule has 0 spiro atoms. The predicted octanol–water partition coefficient (Wildman–Crippen LogP) is 6.68. The zero-order valence-electron chi connectivity index (χ0n) is 12.2. The lowest BCUT2D eigenvalue weighted by Crippen LogP contribution is -2.13. The molecule has 1 heteroatoms. The minimum atomic E-state index is 0.788. The normalized spacial score (nSPS) is 23.1. The van der Waals surface area contributed by atoms with E-state index in [-0.39, 0.29) is 0 Å². The molecule has 0 heterocycles. The van der Waals surface area contributed by atoms with Gasteiger partial charge in [0.25, 0.3) is 0 Å². The third kappa shape index (κ3) is 3.09. The fraction of sp³-hybridized carbons (Fsp3) is 0.474. The van der Waals surface area contributed by atoms with Crippen LogP contribution in [0.5, 0.6) is 0 Å². The maximum atomic E-state index is 3.55. The van der Waals surface area contributed by atoms with E-state index in [0.29, 0.717) is 0 Å². The van der Waals surface area contributed by atoms with Gasteiger partial charge in [0.05, 0.1) is 0 Å². The Morgan fingerprint density at radius 3 is 2.40 bits per heavy atom. The average molecular weight is 331 g/mol. The van der Waals surface area contributed by atoms with Gasteiger partial charge < -0.3 is 0 Å². The molecule has 0 radical (unpaired) electrons. The molecule has 1 saturated carbocycles. The summed E-state index contributed by atoms with van der Waals surface area (Å²) >= 11 is 3.55. The highest BCUT2D eigenvalue weighted by Crippen LogP contribution is 2.38. The second-order valence-electron chi connectivity index (χ2n) is 6.26. The topological polar surface area (TPSA) is 0 Å². The molecular formula is C19H23Br. The van der Waals surface area contributed by atoms with E-state index >= 15 is 0 Å². The molecular weight excluding hydrogens is 308 g/mol. The molecule has 0 bridgehead atoms. The number of benzene rings is 2. The van der Waals surface area contributed by atoms with Gasteiger partial charge >= 0.3 is 0 Å². The van der Waals surface area contributed by atoms with Gasteiger partial charge in [-0.2, -0.15) is 0 Å². The van der Waals surface area contributed by atoms with Crippen LogP contribution < -0.4 is 0 Å². The average Bonchev–Trinajstić information content (AvgIpc) is 2.48. The Labute approximate surface area is 130 Å². The van der Waals surface area contributed by atoms with Gasteiger partial charge in [0.1, 0.15) is 0 Å². The predicted molar refractivity (Wildman–Crippen MR) is 91.3 cm³/mol. The Morgan fingerprint density at radius 1 is 0.950 bits per heavy atom. The molecule has 2 aromatic rings. The van der Waals surface area contributed by atoms with E-state index in [2.05, 4.69) is 59.3 Å². The van der Waals surface area contributed by atoms with Gasteiger partial charge in [-0.05, 0) is 66.0 Å². The fourth-order valence-electron chi connectivity index (χ4n) is 3.68. The third-order valence-electron chi connectivity index (χ3n) is 4.84. The van der Waals surface area contributed by atoms with Gasteiger partial charge in [0, 0.05) is 4.47 Å². The molecule has 0 atom stereocenters. The van der Waals surface area contributed by atoms with Crippen LogP contribution in [0.2, 0.25) is 0 Å². The van der Waals surface area contributed by atoms with Crippen molar-refractivity contribution in [2.24, 2.45) is 5.92 Å². The highest BCUT2D eigenvalue weighted by molar-refractivity contribution is 9.10. The molecule has 1 aliphatic rings. The van der Waals surface area contributed by atoms with Crippen molar-refractivity contribution in [1.29, 1.82) is 0 Å². The Morgan fingerprint density at radius 2 is 1.65 bits per heavy atom. The Hall–Kier alpha value is -0.820. The molecule has 1 aliphatic carbocycles. The fourth-order valence-corrected chi connectivity index (χ4v) is 4.06. The van der Waals surface area contributed by atoms with E-state index in [4.69, 9.17) is 0 Å². The van der Waals surface area contributed by atoms with Gasteiger partial charge in [0.15, 0.2) is 0 Å². The zero-order valence-corrected chi connectivity index (χ0v) is 13.8. The van der Waals surface area contributed by atoms with Crippen LogP contribution in [-0.2, 0) is 0 Å². The van der Waals surface area contributed by atoms with E-state index in [9.17, 15) is 0 Å². The second kappa shape index (κ2) is 6.30. The summed E-state index contributed by atoms with van der Waals surface area (Å²) in [7, 11) is 0. The summed E-state index contributed by atoms with van der Waals surface area (Å²) in [6.45, 7) is 2.31. The minimum Gasteiger partial charge on any atom is -0.0654 e. The standard InChI is InChI=1S/C19H23Br/c1-2-3-14-4-6-15(7-5-14)16-8-9-18-13-19(20)11-10-17(18)12-16/h8-15H,2-7H2,1H3. The lowest BCUT2D eigenvalue weighted by Gasteiger charge is -2.28. The van der Waals surface area contributed by atoms with Crippen molar-refractivity contribution in [3.05, 3.63) is 46.4 Å². The second-order valence-corrected chi connectivity index (χ2v) is 7.17. The summed E-state index contributed by atoms with van der Waals surface area (Å²) in [4.78, 5) is 0. The number of halogens is 1. The molecule has 0 aromatic heterocycles. The molecule has 3 rings (SSSR count). The van der Waals surface area contributed by atoms with Crippen LogP contribution in [0.15, 0.2) is 40.9 Å². The Balaban J connectivity index is 1.76. The first-order chi connectivity index (χ1) is 9.76. The van der Waals surface area contributed by atoms with Crippen molar-refractivity contribution in [2.45, 2.75) is 51.4 Å².